The highest BCUT2D eigenvalue weighted by Crippen LogP contribution is 2.27. The molecule has 7 nitrogen and oxygen atoms in total. The van der Waals surface area contributed by atoms with Crippen LogP contribution in [0.2, 0.25) is 0 Å². The Balaban J connectivity index is 2.15. The molecule has 0 saturated carbocycles. The van der Waals surface area contributed by atoms with Crippen LogP contribution in [0.15, 0.2) is 41.2 Å². The van der Waals surface area contributed by atoms with Crippen LogP contribution in [-0.4, -0.2) is 48.3 Å². The van der Waals surface area contributed by atoms with E-state index < -0.39 is 0 Å². The highest BCUT2D eigenvalue weighted by Gasteiger charge is 2.20. The molecule has 140 valence electrons. The SMILES string of the molecule is CCCn1nc(C(=O)NCC(c2ccccc2OC)N(C)C)ccc1=O. The van der Waals surface area contributed by atoms with Gasteiger partial charge in [0.1, 0.15) is 11.4 Å². The molecule has 1 heterocycles. The number of rotatable bonds is 8. The number of carbonyl (C=O) groups excluding carboxylic acids is 1. The highest BCUT2D eigenvalue weighted by molar-refractivity contribution is 5.92. The van der Waals surface area contributed by atoms with Gasteiger partial charge in [-0.05, 0) is 32.6 Å². The molecular weight excluding hydrogens is 332 g/mol. The number of amides is 1. The lowest BCUT2D eigenvalue weighted by Gasteiger charge is -2.26. The second-order valence-corrected chi connectivity index (χ2v) is 6.21. The number of benzene rings is 1. The fourth-order valence-corrected chi connectivity index (χ4v) is 2.73. The van der Waals surface area contributed by atoms with Crippen LogP contribution >= 0.6 is 0 Å². The third kappa shape index (κ3) is 4.70. The first-order valence-electron chi connectivity index (χ1n) is 8.63. The average molecular weight is 358 g/mol. The van der Waals surface area contributed by atoms with E-state index >= 15 is 0 Å². The molecule has 0 aliphatic rings. The summed E-state index contributed by atoms with van der Waals surface area (Å²) in [7, 11) is 5.52. The first-order chi connectivity index (χ1) is 12.5. The maximum atomic E-state index is 12.5. The van der Waals surface area contributed by atoms with Crippen LogP contribution in [0.25, 0.3) is 0 Å². The molecule has 26 heavy (non-hydrogen) atoms. The predicted molar refractivity (Wildman–Crippen MR) is 101 cm³/mol. The third-order valence-corrected chi connectivity index (χ3v) is 4.11. The molecule has 2 rings (SSSR count). The van der Waals surface area contributed by atoms with E-state index in [0.717, 1.165) is 17.7 Å². The van der Waals surface area contributed by atoms with E-state index in [2.05, 4.69) is 10.4 Å². The van der Waals surface area contributed by atoms with Crippen molar-refractivity contribution in [1.29, 1.82) is 0 Å². The molecule has 1 atom stereocenters. The van der Waals surface area contributed by atoms with E-state index in [1.807, 2.05) is 50.2 Å². The van der Waals surface area contributed by atoms with Crippen molar-refractivity contribution in [2.24, 2.45) is 0 Å². The Morgan fingerprint density at radius 1 is 1.27 bits per heavy atom. The number of carbonyl (C=O) groups is 1. The van der Waals surface area contributed by atoms with E-state index in [9.17, 15) is 9.59 Å². The molecule has 0 bridgehead atoms. The van der Waals surface area contributed by atoms with Gasteiger partial charge in [-0.15, -0.1) is 0 Å². The lowest BCUT2D eigenvalue weighted by atomic mass is 10.0. The molecule has 0 aliphatic heterocycles. The highest BCUT2D eigenvalue weighted by atomic mass is 16.5. The lowest BCUT2D eigenvalue weighted by molar-refractivity contribution is 0.0934. The number of nitrogens with zero attached hydrogens (tertiary/aromatic N) is 3. The van der Waals surface area contributed by atoms with E-state index in [0.29, 0.717) is 13.1 Å². The number of methoxy groups -OCH3 is 1. The summed E-state index contributed by atoms with van der Waals surface area (Å²) < 4.78 is 6.75. The summed E-state index contributed by atoms with van der Waals surface area (Å²) >= 11 is 0. The number of ether oxygens (including phenoxy) is 1. The zero-order chi connectivity index (χ0) is 19.1. The van der Waals surface area contributed by atoms with Gasteiger partial charge in [0, 0.05) is 24.7 Å². The van der Waals surface area contributed by atoms with Crippen molar-refractivity contribution in [3.8, 4) is 5.75 Å². The molecule has 7 heteroatoms. The number of likely N-dealkylation sites (N-methyl/N-ethyl adjacent to an activating group) is 1. The Kier molecular flexibility index (Phi) is 6.91. The van der Waals surface area contributed by atoms with Gasteiger partial charge in [-0.3, -0.25) is 9.59 Å². The zero-order valence-corrected chi connectivity index (χ0v) is 15.7. The van der Waals surface area contributed by atoms with Gasteiger partial charge < -0.3 is 15.0 Å². The number of hydrogen-bond acceptors (Lipinski definition) is 5. The molecule has 0 fully saturated rings. The van der Waals surface area contributed by atoms with Gasteiger partial charge in [0.15, 0.2) is 0 Å². The van der Waals surface area contributed by atoms with E-state index in [1.165, 1.54) is 16.8 Å². The topological polar surface area (TPSA) is 76.5 Å². The predicted octanol–water partition coefficient (Wildman–Crippen LogP) is 1.69. The minimum absolute atomic E-state index is 0.0587. The van der Waals surface area contributed by atoms with Crippen molar-refractivity contribution in [2.75, 3.05) is 27.7 Å². The summed E-state index contributed by atoms with van der Waals surface area (Å²) in [6, 6.07) is 10.5. The van der Waals surface area contributed by atoms with Gasteiger partial charge in [0.05, 0.1) is 13.2 Å². The molecule has 1 aromatic carbocycles. The molecule has 1 aromatic heterocycles. The third-order valence-electron chi connectivity index (χ3n) is 4.11. The molecule has 1 amide bonds. The first kappa shape index (κ1) is 19.7. The Hall–Kier alpha value is -2.67. The molecule has 1 unspecified atom stereocenters. The van der Waals surface area contributed by atoms with Crippen LogP contribution in [0.4, 0.5) is 0 Å². The molecule has 2 aromatic rings. The van der Waals surface area contributed by atoms with Crippen LogP contribution in [0.3, 0.4) is 0 Å². The Labute approximate surface area is 153 Å². The second kappa shape index (κ2) is 9.15. The van der Waals surface area contributed by atoms with Crippen LogP contribution in [0, 0.1) is 0 Å². The summed E-state index contributed by atoms with van der Waals surface area (Å²) in [6.07, 6.45) is 0.772. The maximum absolute atomic E-state index is 12.5. The molecule has 0 aliphatic carbocycles. The molecule has 1 N–H and O–H groups in total. The van der Waals surface area contributed by atoms with Gasteiger partial charge >= 0.3 is 0 Å². The summed E-state index contributed by atoms with van der Waals surface area (Å²) in [5.41, 5.74) is 1.02. The summed E-state index contributed by atoms with van der Waals surface area (Å²) in [6.45, 7) is 2.83. The van der Waals surface area contributed by atoms with Gasteiger partial charge in [-0.25, -0.2) is 4.68 Å². The zero-order valence-electron chi connectivity index (χ0n) is 15.7. The van der Waals surface area contributed by atoms with Gasteiger partial charge in [0.25, 0.3) is 11.5 Å². The number of para-hydroxylation sites is 1. The van der Waals surface area contributed by atoms with Crippen molar-refractivity contribution < 1.29 is 9.53 Å². The minimum Gasteiger partial charge on any atom is -0.496 e. The van der Waals surface area contributed by atoms with Crippen LogP contribution < -0.4 is 15.6 Å². The van der Waals surface area contributed by atoms with Crippen molar-refractivity contribution in [3.05, 3.63) is 58.0 Å². The summed E-state index contributed by atoms with van der Waals surface area (Å²) in [5, 5.41) is 7.05. The largest absolute Gasteiger partial charge is 0.496 e. The average Bonchev–Trinajstić information content (AvgIpc) is 2.63. The monoisotopic (exact) mass is 358 g/mol. The summed E-state index contributed by atoms with van der Waals surface area (Å²) in [4.78, 5) is 26.2. The standard InChI is InChI=1S/C19H26N4O3/c1-5-12-23-18(24)11-10-15(21-23)19(25)20-13-16(22(2)3)14-8-6-7-9-17(14)26-4/h6-11,16H,5,12-13H2,1-4H3,(H,20,25). The fourth-order valence-electron chi connectivity index (χ4n) is 2.73. The number of aryl methyl sites for hydroxylation is 1. The molecule has 0 spiro atoms. The van der Waals surface area contributed by atoms with Gasteiger partial charge in [0.2, 0.25) is 0 Å². The summed E-state index contributed by atoms with van der Waals surface area (Å²) in [5.74, 6) is 0.465. The van der Waals surface area contributed by atoms with Crippen molar-refractivity contribution in [1.82, 2.24) is 20.0 Å². The molecule has 0 radical (unpaired) electrons. The first-order valence-corrected chi connectivity index (χ1v) is 8.63. The van der Waals surface area contributed by atoms with Crippen molar-refractivity contribution >= 4 is 5.91 Å². The van der Waals surface area contributed by atoms with Crippen LogP contribution in [-0.2, 0) is 6.54 Å². The van der Waals surface area contributed by atoms with Crippen molar-refractivity contribution in [3.63, 3.8) is 0 Å². The Bertz CT molecular complexity index is 801. The number of hydrogen-bond donors (Lipinski definition) is 1. The molecular formula is C19H26N4O3. The number of aromatic nitrogens is 2. The van der Waals surface area contributed by atoms with Crippen LogP contribution in [0.1, 0.15) is 35.4 Å². The van der Waals surface area contributed by atoms with Gasteiger partial charge in [-0.1, -0.05) is 25.1 Å². The number of nitrogens with one attached hydrogen (secondary N) is 1. The van der Waals surface area contributed by atoms with E-state index in [-0.39, 0.29) is 23.2 Å². The molecule has 0 saturated heterocycles. The van der Waals surface area contributed by atoms with Crippen molar-refractivity contribution in [2.45, 2.75) is 25.9 Å². The smallest absolute Gasteiger partial charge is 0.271 e. The van der Waals surface area contributed by atoms with Crippen LogP contribution in [0.5, 0.6) is 5.75 Å². The fraction of sp³-hybridized carbons (Fsp3) is 0.421. The Morgan fingerprint density at radius 2 is 2.00 bits per heavy atom. The normalized spacial score (nSPS) is 12.0. The lowest BCUT2D eigenvalue weighted by Crippen LogP contribution is -2.36. The van der Waals surface area contributed by atoms with Gasteiger partial charge in [-0.2, -0.15) is 5.10 Å². The van der Waals surface area contributed by atoms with E-state index in [4.69, 9.17) is 4.74 Å². The second-order valence-electron chi connectivity index (χ2n) is 6.21. The quantitative estimate of drug-likeness (QED) is 0.777. The Morgan fingerprint density at radius 3 is 2.65 bits per heavy atom. The maximum Gasteiger partial charge on any atom is 0.271 e. The van der Waals surface area contributed by atoms with E-state index in [1.54, 1.807) is 7.11 Å². The minimum atomic E-state index is -0.309.